The molecule has 0 fully saturated rings. The monoisotopic (exact) mass is 259 g/mol. The summed E-state index contributed by atoms with van der Waals surface area (Å²) in [6.07, 6.45) is 8.51. The number of rotatable bonds is 6. The summed E-state index contributed by atoms with van der Waals surface area (Å²) in [5, 5.41) is 0. The van der Waals surface area contributed by atoms with Crippen molar-refractivity contribution in [3.63, 3.8) is 0 Å². The Balaban J connectivity index is 2.17. The highest BCUT2D eigenvalue weighted by Crippen LogP contribution is 2.21. The van der Waals surface area contributed by atoms with Crippen molar-refractivity contribution in [2.24, 2.45) is 5.73 Å². The molecule has 0 saturated heterocycles. The van der Waals surface area contributed by atoms with Crippen molar-refractivity contribution in [1.82, 2.24) is 9.97 Å². The minimum Gasteiger partial charge on any atom is -0.364 e. The van der Waals surface area contributed by atoms with Gasteiger partial charge in [0.25, 0.3) is 0 Å². The lowest BCUT2D eigenvalue weighted by Gasteiger charge is -2.03. The number of aromatic amines is 2. The fourth-order valence-electron chi connectivity index (χ4n) is 2.66. The normalized spacial score (nSPS) is 11.2. The Bertz CT molecular complexity index is 486. The quantitative estimate of drug-likeness (QED) is 0.734. The molecule has 0 aliphatic carbocycles. The van der Waals surface area contributed by atoms with Crippen molar-refractivity contribution in [1.29, 1.82) is 0 Å². The summed E-state index contributed by atoms with van der Waals surface area (Å²) in [7, 11) is 0. The van der Waals surface area contributed by atoms with Gasteiger partial charge in [-0.25, -0.2) is 0 Å². The summed E-state index contributed by atoms with van der Waals surface area (Å²) in [5.74, 6) is 0. The molecule has 2 rings (SSSR count). The van der Waals surface area contributed by atoms with Crippen LogP contribution in [0, 0.1) is 13.8 Å². The molecule has 0 spiro atoms. The van der Waals surface area contributed by atoms with Crippen LogP contribution in [-0.4, -0.2) is 16.5 Å². The number of aromatic nitrogens is 2. The van der Waals surface area contributed by atoms with E-state index in [9.17, 15) is 0 Å². The van der Waals surface area contributed by atoms with Gasteiger partial charge in [0.05, 0.1) is 0 Å². The molecule has 0 atom stereocenters. The molecule has 0 aromatic carbocycles. The molecule has 4 N–H and O–H groups in total. The van der Waals surface area contributed by atoms with E-state index in [1.807, 2.05) is 0 Å². The van der Waals surface area contributed by atoms with Gasteiger partial charge in [0.2, 0.25) is 0 Å². The first kappa shape index (κ1) is 13.9. The smallest absolute Gasteiger partial charge is 0.0283 e. The maximum Gasteiger partial charge on any atom is 0.0283 e. The summed E-state index contributed by atoms with van der Waals surface area (Å²) in [6, 6.07) is 0. The fraction of sp³-hybridized carbons (Fsp3) is 0.500. The number of aryl methyl sites for hydroxylation is 1. The highest BCUT2D eigenvalue weighted by molar-refractivity contribution is 5.37. The molecule has 3 nitrogen and oxygen atoms in total. The predicted octanol–water partition coefficient (Wildman–Crippen LogP) is 3.00. The van der Waals surface area contributed by atoms with Gasteiger partial charge in [0.1, 0.15) is 0 Å². The van der Waals surface area contributed by atoms with Crippen LogP contribution < -0.4 is 5.73 Å². The van der Waals surface area contributed by atoms with Gasteiger partial charge in [-0.3, -0.25) is 0 Å². The predicted molar refractivity (Wildman–Crippen MR) is 80.6 cm³/mol. The molecule has 0 aliphatic heterocycles. The van der Waals surface area contributed by atoms with E-state index in [1.54, 1.807) is 0 Å². The first-order chi connectivity index (χ1) is 9.17. The van der Waals surface area contributed by atoms with Gasteiger partial charge in [-0.15, -0.1) is 0 Å². The summed E-state index contributed by atoms with van der Waals surface area (Å²) < 4.78 is 0. The minimum atomic E-state index is 0.709. The zero-order valence-electron chi connectivity index (χ0n) is 12.3. The molecule has 0 radical (unpaired) electrons. The van der Waals surface area contributed by atoms with Crippen molar-refractivity contribution in [3.05, 3.63) is 46.0 Å². The molecule has 19 heavy (non-hydrogen) atoms. The zero-order chi connectivity index (χ0) is 13.8. The third-order valence-corrected chi connectivity index (χ3v) is 4.00. The Hall–Kier alpha value is -1.48. The van der Waals surface area contributed by atoms with Crippen molar-refractivity contribution in [2.45, 2.75) is 46.5 Å². The van der Waals surface area contributed by atoms with Crippen LogP contribution in [0.1, 0.15) is 47.0 Å². The van der Waals surface area contributed by atoms with Gasteiger partial charge in [-0.1, -0.05) is 13.3 Å². The summed E-state index contributed by atoms with van der Waals surface area (Å²) in [5.41, 5.74) is 13.8. The number of nitrogens with two attached hydrogens (primary N) is 1. The van der Waals surface area contributed by atoms with E-state index in [2.05, 4.69) is 43.1 Å². The summed E-state index contributed by atoms with van der Waals surface area (Å²) in [4.78, 5) is 6.83. The number of H-pyrrole nitrogens is 2. The van der Waals surface area contributed by atoms with Crippen LogP contribution in [0.5, 0.6) is 0 Å². The van der Waals surface area contributed by atoms with Gasteiger partial charge < -0.3 is 15.7 Å². The second kappa shape index (κ2) is 6.11. The van der Waals surface area contributed by atoms with Gasteiger partial charge >= 0.3 is 0 Å². The van der Waals surface area contributed by atoms with Crippen LogP contribution in [-0.2, 0) is 19.3 Å². The van der Waals surface area contributed by atoms with Gasteiger partial charge in [0.15, 0.2) is 0 Å². The minimum absolute atomic E-state index is 0.709. The van der Waals surface area contributed by atoms with Gasteiger partial charge in [-0.2, -0.15) is 0 Å². The Kier molecular flexibility index (Phi) is 4.48. The highest BCUT2D eigenvalue weighted by Gasteiger charge is 2.11. The molecule has 0 aliphatic rings. The fourth-order valence-corrected chi connectivity index (χ4v) is 2.66. The molecule has 2 heterocycles. The van der Waals surface area contributed by atoms with E-state index in [-0.39, 0.29) is 0 Å². The van der Waals surface area contributed by atoms with Crippen LogP contribution in [0.25, 0.3) is 0 Å². The topological polar surface area (TPSA) is 57.6 Å². The Morgan fingerprint density at radius 2 is 1.47 bits per heavy atom. The molecule has 0 unspecified atom stereocenters. The zero-order valence-corrected chi connectivity index (χ0v) is 12.3. The Morgan fingerprint density at radius 3 is 1.95 bits per heavy atom. The number of hydrogen-bond acceptors (Lipinski definition) is 1. The van der Waals surface area contributed by atoms with Crippen LogP contribution in [0.15, 0.2) is 12.4 Å². The van der Waals surface area contributed by atoms with Gasteiger partial charge in [-0.05, 0) is 55.5 Å². The second-order valence-corrected chi connectivity index (χ2v) is 5.30. The lowest BCUT2D eigenvalue weighted by molar-refractivity contribution is 0.915. The molecule has 0 bridgehead atoms. The van der Waals surface area contributed by atoms with E-state index in [1.165, 1.54) is 40.1 Å². The average molecular weight is 259 g/mol. The molecule has 2 aromatic heterocycles. The van der Waals surface area contributed by atoms with Crippen LogP contribution in [0.4, 0.5) is 0 Å². The average Bonchev–Trinajstić information content (AvgIpc) is 2.90. The highest BCUT2D eigenvalue weighted by atomic mass is 14.7. The second-order valence-electron chi connectivity index (χ2n) is 5.30. The van der Waals surface area contributed by atoms with Crippen LogP contribution in [0.2, 0.25) is 0 Å². The lowest BCUT2D eigenvalue weighted by atomic mass is 10.0. The van der Waals surface area contributed by atoms with E-state index in [4.69, 9.17) is 5.73 Å². The van der Waals surface area contributed by atoms with Crippen molar-refractivity contribution in [2.75, 3.05) is 6.54 Å². The first-order valence-corrected chi connectivity index (χ1v) is 7.18. The Morgan fingerprint density at radius 1 is 0.947 bits per heavy atom. The molecular formula is C16H25N3. The van der Waals surface area contributed by atoms with Crippen molar-refractivity contribution < 1.29 is 0 Å². The maximum atomic E-state index is 5.63. The molecular weight excluding hydrogens is 234 g/mol. The summed E-state index contributed by atoms with van der Waals surface area (Å²) >= 11 is 0. The van der Waals surface area contributed by atoms with Gasteiger partial charge in [0, 0.05) is 30.2 Å². The van der Waals surface area contributed by atoms with Crippen molar-refractivity contribution >= 4 is 0 Å². The van der Waals surface area contributed by atoms with Crippen molar-refractivity contribution in [3.8, 4) is 0 Å². The van der Waals surface area contributed by atoms with E-state index in [0.29, 0.717) is 6.54 Å². The van der Waals surface area contributed by atoms with E-state index >= 15 is 0 Å². The molecule has 104 valence electrons. The third kappa shape index (κ3) is 2.92. The van der Waals surface area contributed by atoms with E-state index in [0.717, 1.165) is 19.3 Å². The SMILES string of the molecule is CCCc1c[nH]c(Cc2[nH]cc(CCN)c2C)c1C. The third-order valence-electron chi connectivity index (χ3n) is 4.00. The van der Waals surface area contributed by atoms with Crippen LogP contribution >= 0.6 is 0 Å². The standard InChI is InChI=1S/C16H25N3/c1-4-5-13-9-18-15(11(13)2)8-16-12(3)14(6-7-17)10-19-16/h9-10,18-19H,4-8,17H2,1-3H3. The molecule has 0 amide bonds. The molecule has 2 aromatic rings. The Labute approximate surface area is 115 Å². The summed E-state index contributed by atoms with van der Waals surface area (Å²) in [6.45, 7) is 7.33. The number of nitrogens with one attached hydrogen (secondary N) is 2. The number of hydrogen-bond donors (Lipinski definition) is 3. The van der Waals surface area contributed by atoms with E-state index < -0.39 is 0 Å². The maximum absolute atomic E-state index is 5.63. The lowest BCUT2D eigenvalue weighted by Crippen LogP contribution is -2.03. The van der Waals surface area contributed by atoms with Crippen LogP contribution in [0.3, 0.4) is 0 Å². The molecule has 0 saturated carbocycles. The largest absolute Gasteiger partial charge is 0.364 e. The first-order valence-electron chi connectivity index (χ1n) is 7.18. The molecule has 3 heteroatoms.